The Morgan fingerprint density at radius 2 is 1.65 bits per heavy atom. The summed E-state index contributed by atoms with van der Waals surface area (Å²) >= 11 is 0. The molecule has 0 atom stereocenters. The first-order valence-electron chi connectivity index (χ1n) is 8.52. The lowest BCUT2D eigenvalue weighted by molar-refractivity contribution is 0.495. The highest BCUT2D eigenvalue weighted by molar-refractivity contribution is 5.93. The van der Waals surface area contributed by atoms with Crippen LogP contribution in [0.1, 0.15) is 51.0 Å². The number of aliphatic imine (C=N–C) groups is 2. The lowest BCUT2D eigenvalue weighted by atomic mass is 10.1. The molecule has 1 aromatic rings. The summed E-state index contributed by atoms with van der Waals surface area (Å²) in [5.41, 5.74) is 13.0. The maximum absolute atomic E-state index is 5.97. The topological polar surface area (TPSA) is 80.0 Å². The van der Waals surface area contributed by atoms with Crippen LogP contribution in [0, 0.1) is 0 Å². The molecule has 1 rings (SSSR count). The number of rotatable bonds is 9. The van der Waals surface area contributed by atoms with Crippen molar-refractivity contribution in [3.05, 3.63) is 35.9 Å². The Bertz CT molecular complexity index is 481. The summed E-state index contributed by atoms with van der Waals surface area (Å²) in [5.74, 6) is 0.647. The quantitative estimate of drug-likeness (QED) is 0.417. The number of guanidine groups is 2. The van der Waals surface area contributed by atoms with Crippen molar-refractivity contribution in [2.75, 3.05) is 13.6 Å². The van der Waals surface area contributed by atoms with E-state index in [4.69, 9.17) is 11.5 Å². The van der Waals surface area contributed by atoms with Crippen LogP contribution in [0.4, 0.5) is 0 Å². The van der Waals surface area contributed by atoms with Crippen molar-refractivity contribution in [2.24, 2.45) is 21.5 Å². The molecule has 1 aromatic carbocycles. The Morgan fingerprint density at radius 1 is 1.00 bits per heavy atom. The van der Waals surface area contributed by atoms with Crippen LogP contribution in [-0.2, 0) is 6.54 Å². The predicted octanol–water partition coefficient (Wildman–Crippen LogP) is 3.11. The lowest BCUT2D eigenvalue weighted by Crippen LogP contribution is -2.35. The minimum atomic E-state index is 0.260. The van der Waals surface area contributed by atoms with Gasteiger partial charge in [-0.25, -0.2) is 0 Å². The van der Waals surface area contributed by atoms with Gasteiger partial charge in [-0.1, -0.05) is 69.4 Å². The Balaban J connectivity index is 2.32. The Hall–Kier alpha value is -2.04. The molecule has 0 aliphatic heterocycles. The minimum absolute atomic E-state index is 0.260. The fraction of sp³-hybridized carbons (Fsp3) is 0.556. The first kappa shape index (κ1) is 19.0. The monoisotopic (exact) mass is 317 g/mol. The van der Waals surface area contributed by atoms with Gasteiger partial charge in [-0.3, -0.25) is 4.99 Å². The second-order valence-corrected chi connectivity index (χ2v) is 5.82. The molecule has 23 heavy (non-hydrogen) atoms. The van der Waals surface area contributed by atoms with Crippen molar-refractivity contribution in [1.82, 2.24) is 4.90 Å². The van der Waals surface area contributed by atoms with E-state index in [1.807, 2.05) is 30.1 Å². The van der Waals surface area contributed by atoms with Crippen molar-refractivity contribution in [1.29, 1.82) is 0 Å². The molecule has 4 N–H and O–H groups in total. The number of hydrogen-bond donors (Lipinski definition) is 2. The van der Waals surface area contributed by atoms with E-state index in [0.29, 0.717) is 12.5 Å². The van der Waals surface area contributed by atoms with Crippen molar-refractivity contribution >= 4 is 11.9 Å². The molecule has 0 aliphatic carbocycles. The standard InChI is InChI=1S/C18H31N5/c1-3-4-5-6-7-11-14-21-17(19)22-18(20)23(2)15-16-12-9-8-10-13-16/h8-10,12-13H,3-7,11,14-15H2,1-2H3,(H4,19,20,21,22). The average Bonchev–Trinajstić information content (AvgIpc) is 2.55. The van der Waals surface area contributed by atoms with Gasteiger partial charge in [0.2, 0.25) is 5.96 Å². The summed E-state index contributed by atoms with van der Waals surface area (Å²) in [7, 11) is 1.90. The van der Waals surface area contributed by atoms with Crippen LogP contribution >= 0.6 is 0 Å². The number of nitrogens with zero attached hydrogens (tertiary/aromatic N) is 3. The summed E-state index contributed by atoms with van der Waals surface area (Å²) in [6, 6.07) is 10.1. The van der Waals surface area contributed by atoms with E-state index in [9.17, 15) is 0 Å². The highest BCUT2D eigenvalue weighted by Gasteiger charge is 2.03. The van der Waals surface area contributed by atoms with E-state index in [1.165, 1.54) is 37.7 Å². The van der Waals surface area contributed by atoms with Gasteiger partial charge in [0.15, 0.2) is 5.96 Å². The van der Waals surface area contributed by atoms with Crippen molar-refractivity contribution in [3.8, 4) is 0 Å². The Kier molecular flexibility index (Phi) is 9.52. The molecule has 0 aromatic heterocycles. The van der Waals surface area contributed by atoms with Gasteiger partial charge in [-0.15, -0.1) is 0 Å². The fourth-order valence-corrected chi connectivity index (χ4v) is 2.26. The molecule has 0 fully saturated rings. The number of unbranched alkanes of at least 4 members (excludes halogenated alkanes) is 5. The van der Waals surface area contributed by atoms with E-state index >= 15 is 0 Å². The van der Waals surface area contributed by atoms with Crippen LogP contribution in [0.2, 0.25) is 0 Å². The normalized spacial score (nSPS) is 12.4. The third-order valence-corrected chi connectivity index (χ3v) is 3.67. The molecule has 0 radical (unpaired) electrons. The zero-order valence-electron chi connectivity index (χ0n) is 14.5. The van der Waals surface area contributed by atoms with Gasteiger partial charge in [-0.2, -0.15) is 4.99 Å². The number of hydrogen-bond acceptors (Lipinski definition) is 1. The molecular weight excluding hydrogens is 286 g/mol. The molecule has 0 amide bonds. The zero-order valence-corrected chi connectivity index (χ0v) is 14.5. The summed E-state index contributed by atoms with van der Waals surface area (Å²) in [6.07, 6.45) is 7.43. The second kappa shape index (κ2) is 11.5. The molecular formula is C18H31N5. The highest BCUT2D eigenvalue weighted by atomic mass is 15.3. The van der Waals surface area contributed by atoms with Crippen LogP contribution in [0.5, 0.6) is 0 Å². The maximum atomic E-state index is 5.97. The molecule has 128 valence electrons. The van der Waals surface area contributed by atoms with E-state index in [1.54, 1.807) is 0 Å². The molecule has 0 unspecified atom stereocenters. The third kappa shape index (κ3) is 8.86. The van der Waals surface area contributed by atoms with Crippen molar-refractivity contribution in [2.45, 2.75) is 52.0 Å². The van der Waals surface area contributed by atoms with Gasteiger partial charge >= 0.3 is 0 Å². The summed E-state index contributed by atoms with van der Waals surface area (Å²) in [5, 5.41) is 0. The minimum Gasteiger partial charge on any atom is -0.369 e. The third-order valence-electron chi connectivity index (χ3n) is 3.67. The van der Waals surface area contributed by atoms with Gasteiger partial charge in [0.05, 0.1) is 0 Å². The summed E-state index contributed by atoms with van der Waals surface area (Å²) in [4.78, 5) is 10.3. The van der Waals surface area contributed by atoms with Crippen LogP contribution in [-0.4, -0.2) is 30.4 Å². The van der Waals surface area contributed by atoms with Crippen LogP contribution in [0.15, 0.2) is 40.3 Å². The van der Waals surface area contributed by atoms with Crippen LogP contribution in [0.3, 0.4) is 0 Å². The average molecular weight is 317 g/mol. The smallest absolute Gasteiger partial charge is 0.218 e. The molecule has 0 saturated heterocycles. The van der Waals surface area contributed by atoms with E-state index in [-0.39, 0.29) is 5.96 Å². The SMILES string of the molecule is CCCCCCCCN=C(N)N=C(N)N(C)Cc1ccccc1. The lowest BCUT2D eigenvalue weighted by Gasteiger charge is -2.17. The van der Waals surface area contributed by atoms with Crippen molar-refractivity contribution in [3.63, 3.8) is 0 Å². The molecule has 0 spiro atoms. The number of benzene rings is 1. The second-order valence-electron chi connectivity index (χ2n) is 5.82. The summed E-state index contributed by atoms with van der Waals surface area (Å²) < 4.78 is 0. The first-order chi connectivity index (χ1) is 11.1. The van der Waals surface area contributed by atoms with Gasteiger partial charge in [0.25, 0.3) is 0 Å². The summed E-state index contributed by atoms with van der Waals surface area (Å²) in [6.45, 7) is 3.64. The first-order valence-corrected chi connectivity index (χ1v) is 8.52. The van der Waals surface area contributed by atoms with Crippen molar-refractivity contribution < 1.29 is 0 Å². The predicted molar refractivity (Wildman–Crippen MR) is 99.4 cm³/mol. The highest BCUT2D eigenvalue weighted by Crippen LogP contribution is 2.05. The molecule has 5 nitrogen and oxygen atoms in total. The van der Waals surface area contributed by atoms with E-state index in [0.717, 1.165) is 13.0 Å². The molecule has 0 aliphatic rings. The zero-order chi connectivity index (χ0) is 16.9. The van der Waals surface area contributed by atoms with E-state index in [2.05, 4.69) is 29.0 Å². The van der Waals surface area contributed by atoms with Crippen LogP contribution in [0.25, 0.3) is 0 Å². The van der Waals surface area contributed by atoms with Gasteiger partial charge < -0.3 is 16.4 Å². The molecule has 0 bridgehead atoms. The van der Waals surface area contributed by atoms with E-state index < -0.39 is 0 Å². The fourth-order valence-electron chi connectivity index (χ4n) is 2.26. The largest absolute Gasteiger partial charge is 0.369 e. The Labute approximate surface area is 140 Å². The van der Waals surface area contributed by atoms with Gasteiger partial charge in [-0.05, 0) is 12.0 Å². The Morgan fingerprint density at radius 3 is 2.35 bits per heavy atom. The maximum Gasteiger partial charge on any atom is 0.218 e. The van der Waals surface area contributed by atoms with Gasteiger partial charge in [0, 0.05) is 20.1 Å². The number of nitrogens with two attached hydrogens (primary N) is 2. The van der Waals surface area contributed by atoms with Crippen LogP contribution < -0.4 is 11.5 Å². The molecule has 5 heteroatoms. The van der Waals surface area contributed by atoms with Gasteiger partial charge in [0.1, 0.15) is 0 Å². The molecule has 0 saturated carbocycles. The molecule has 0 heterocycles.